The van der Waals surface area contributed by atoms with Crippen LogP contribution in [0.25, 0.3) is 11.0 Å². The van der Waals surface area contributed by atoms with Gasteiger partial charge >= 0.3 is 0 Å². The summed E-state index contributed by atoms with van der Waals surface area (Å²) in [4.78, 5) is 0. The maximum Gasteiger partial charge on any atom is 0.134 e. The van der Waals surface area contributed by atoms with E-state index in [1.54, 1.807) is 0 Å². The summed E-state index contributed by atoms with van der Waals surface area (Å²) >= 11 is 0. The molecule has 1 aliphatic carbocycles. The lowest BCUT2D eigenvalue weighted by Gasteiger charge is -2.15. The quantitative estimate of drug-likeness (QED) is 0.893. The van der Waals surface area contributed by atoms with Gasteiger partial charge in [0.25, 0.3) is 0 Å². The molecule has 0 atom stereocenters. The van der Waals surface area contributed by atoms with Crippen LogP contribution in [0.15, 0.2) is 16.5 Å². The molecule has 0 bridgehead atoms. The topological polar surface area (TPSA) is 25.2 Å². The first-order chi connectivity index (χ1) is 9.20. The minimum atomic E-state index is 0.506. The number of furan rings is 1. The zero-order valence-electron chi connectivity index (χ0n) is 12.2. The van der Waals surface area contributed by atoms with Crippen molar-refractivity contribution in [1.82, 2.24) is 5.32 Å². The molecular formula is C17H23NO. The van der Waals surface area contributed by atoms with Crippen LogP contribution in [0.4, 0.5) is 0 Å². The Kier molecular flexibility index (Phi) is 3.36. The molecular weight excluding hydrogens is 234 g/mol. The van der Waals surface area contributed by atoms with Crippen LogP contribution in [-0.4, -0.2) is 7.05 Å². The summed E-state index contributed by atoms with van der Waals surface area (Å²) in [5, 5.41) is 4.55. The largest absolute Gasteiger partial charge is 0.459 e. The second kappa shape index (κ2) is 5.01. The highest BCUT2D eigenvalue weighted by atomic mass is 16.3. The van der Waals surface area contributed by atoms with Gasteiger partial charge in [0.2, 0.25) is 0 Å². The van der Waals surface area contributed by atoms with Crippen LogP contribution in [-0.2, 0) is 19.4 Å². The number of rotatable bonds is 3. The summed E-state index contributed by atoms with van der Waals surface area (Å²) in [6.45, 7) is 5.32. The van der Waals surface area contributed by atoms with Crippen LogP contribution in [0.1, 0.15) is 55.1 Å². The molecule has 2 aromatic rings. The normalized spacial score (nSPS) is 15.2. The van der Waals surface area contributed by atoms with Gasteiger partial charge in [-0.15, -0.1) is 0 Å². The van der Waals surface area contributed by atoms with Crippen molar-refractivity contribution in [3.05, 3.63) is 34.6 Å². The first-order valence-electron chi connectivity index (χ1n) is 7.42. The number of hydrogen-bond acceptors (Lipinski definition) is 2. The average molecular weight is 257 g/mol. The number of hydrogen-bond donors (Lipinski definition) is 1. The van der Waals surface area contributed by atoms with E-state index in [0.29, 0.717) is 5.92 Å². The SMILES string of the molecule is CNCc1oc2cc3c(cc2c1C(C)C)CCCC3. The molecule has 1 aromatic heterocycles. The first kappa shape index (κ1) is 12.7. The molecule has 1 N–H and O–H groups in total. The average Bonchev–Trinajstić information content (AvgIpc) is 2.73. The summed E-state index contributed by atoms with van der Waals surface area (Å²) in [5.74, 6) is 1.61. The van der Waals surface area contributed by atoms with E-state index in [2.05, 4.69) is 31.3 Å². The Balaban J connectivity index is 2.20. The Morgan fingerprint density at radius 3 is 2.47 bits per heavy atom. The van der Waals surface area contributed by atoms with E-state index in [-0.39, 0.29) is 0 Å². The fourth-order valence-corrected chi connectivity index (χ4v) is 3.32. The predicted molar refractivity (Wildman–Crippen MR) is 79.7 cm³/mol. The minimum Gasteiger partial charge on any atom is -0.459 e. The van der Waals surface area contributed by atoms with Crippen molar-refractivity contribution in [2.75, 3.05) is 7.05 Å². The van der Waals surface area contributed by atoms with Crippen molar-refractivity contribution < 1.29 is 4.42 Å². The third-order valence-electron chi connectivity index (χ3n) is 4.18. The predicted octanol–water partition coefficient (Wildman–Crippen LogP) is 4.15. The lowest BCUT2D eigenvalue weighted by molar-refractivity contribution is 0.520. The number of fused-ring (bicyclic) bond motifs is 2. The van der Waals surface area contributed by atoms with Crippen molar-refractivity contribution in [2.45, 2.75) is 52.0 Å². The van der Waals surface area contributed by atoms with E-state index < -0.39 is 0 Å². The van der Waals surface area contributed by atoms with Crippen LogP contribution in [0.3, 0.4) is 0 Å². The highest BCUT2D eigenvalue weighted by Crippen LogP contribution is 2.35. The molecule has 3 rings (SSSR count). The third kappa shape index (κ3) is 2.18. The highest BCUT2D eigenvalue weighted by Gasteiger charge is 2.19. The van der Waals surface area contributed by atoms with E-state index >= 15 is 0 Å². The molecule has 2 nitrogen and oxygen atoms in total. The Hall–Kier alpha value is -1.28. The van der Waals surface area contributed by atoms with Gasteiger partial charge in [-0.05, 0) is 61.9 Å². The lowest BCUT2D eigenvalue weighted by atomic mass is 9.89. The van der Waals surface area contributed by atoms with Gasteiger partial charge in [0.15, 0.2) is 0 Å². The smallest absolute Gasteiger partial charge is 0.134 e. The van der Waals surface area contributed by atoms with Crippen molar-refractivity contribution in [1.29, 1.82) is 0 Å². The number of benzene rings is 1. The van der Waals surface area contributed by atoms with E-state index in [4.69, 9.17) is 4.42 Å². The van der Waals surface area contributed by atoms with Gasteiger partial charge in [-0.2, -0.15) is 0 Å². The maximum absolute atomic E-state index is 6.10. The van der Waals surface area contributed by atoms with Gasteiger partial charge < -0.3 is 9.73 Å². The fraction of sp³-hybridized carbons (Fsp3) is 0.529. The zero-order chi connectivity index (χ0) is 13.4. The van der Waals surface area contributed by atoms with E-state index in [1.165, 1.54) is 47.8 Å². The lowest BCUT2D eigenvalue weighted by Crippen LogP contribution is -2.06. The first-order valence-corrected chi connectivity index (χ1v) is 7.42. The molecule has 0 saturated heterocycles. The molecule has 102 valence electrons. The van der Waals surface area contributed by atoms with Gasteiger partial charge in [0.05, 0.1) is 6.54 Å². The van der Waals surface area contributed by atoms with E-state index in [1.807, 2.05) is 7.05 Å². The molecule has 0 unspecified atom stereocenters. The van der Waals surface area contributed by atoms with Crippen molar-refractivity contribution >= 4 is 11.0 Å². The molecule has 2 heteroatoms. The molecule has 0 fully saturated rings. The van der Waals surface area contributed by atoms with Gasteiger partial charge in [0.1, 0.15) is 11.3 Å². The number of aryl methyl sites for hydroxylation is 2. The zero-order valence-corrected chi connectivity index (χ0v) is 12.2. The standard InChI is InChI=1S/C17H23NO/c1-11(2)17-14-8-12-6-4-5-7-13(12)9-15(14)19-16(17)10-18-3/h8-9,11,18H,4-7,10H2,1-3H3. The van der Waals surface area contributed by atoms with Crippen molar-refractivity contribution in [3.63, 3.8) is 0 Å². The molecule has 0 aliphatic heterocycles. The summed E-state index contributed by atoms with van der Waals surface area (Å²) in [6.07, 6.45) is 5.09. The number of nitrogens with one attached hydrogen (secondary N) is 1. The molecule has 0 saturated carbocycles. The summed E-state index contributed by atoms with van der Waals surface area (Å²) in [6, 6.07) is 4.68. The molecule has 0 radical (unpaired) electrons. The van der Waals surface area contributed by atoms with Crippen LogP contribution in [0, 0.1) is 0 Å². The Morgan fingerprint density at radius 2 is 1.84 bits per heavy atom. The summed E-state index contributed by atoms with van der Waals surface area (Å²) in [7, 11) is 1.97. The van der Waals surface area contributed by atoms with Crippen molar-refractivity contribution in [2.24, 2.45) is 0 Å². The Bertz CT molecular complexity index is 595. The molecule has 1 heterocycles. The molecule has 0 spiro atoms. The van der Waals surface area contributed by atoms with Gasteiger partial charge in [-0.25, -0.2) is 0 Å². The third-order valence-corrected chi connectivity index (χ3v) is 4.18. The van der Waals surface area contributed by atoms with Crippen LogP contribution < -0.4 is 5.32 Å². The molecule has 19 heavy (non-hydrogen) atoms. The fourth-order valence-electron chi connectivity index (χ4n) is 3.32. The molecule has 0 amide bonds. The van der Waals surface area contributed by atoms with Gasteiger partial charge in [-0.1, -0.05) is 13.8 Å². The molecule has 1 aromatic carbocycles. The second-order valence-electron chi connectivity index (χ2n) is 5.95. The Labute approximate surface area is 115 Å². The van der Waals surface area contributed by atoms with Gasteiger partial charge in [-0.3, -0.25) is 0 Å². The van der Waals surface area contributed by atoms with Crippen LogP contribution >= 0.6 is 0 Å². The van der Waals surface area contributed by atoms with E-state index in [0.717, 1.165) is 17.9 Å². The Morgan fingerprint density at radius 1 is 1.16 bits per heavy atom. The minimum absolute atomic E-state index is 0.506. The van der Waals surface area contributed by atoms with Crippen molar-refractivity contribution in [3.8, 4) is 0 Å². The molecule has 1 aliphatic rings. The van der Waals surface area contributed by atoms with Crippen LogP contribution in [0.5, 0.6) is 0 Å². The maximum atomic E-state index is 6.10. The second-order valence-corrected chi connectivity index (χ2v) is 5.95. The van der Waals surface area contributed by atoms with Gasteiger partial charge in [0, 0.05) is 10.9 Å². The van der Waals surface area contributed by atoms with E-state index in [9.17, 15) is 0 Å². The highest BCUT2D eigenvalue weighted by molar-refractivity contribution is 5.84. The summed E-state index contributed by atoms with van der Waals surface area (Å²) in [5.41, 5.74) is 5.50. The van der Waals surface area contributed by atoms with Crippen LogP contribution in [0.2, 0.25) is 0 Å². The summed E-state index contributed by atoms with van der Waals surface area (Å²) < 4.78 is 6.10. The monoisotopic (exact) mass is 257 g/mol.